The summed E-state index contributed by atoms with van der Waals surface area (Å²) < 4.78 is 31.0. The zero-order chi connectivity index (χ0) is 22.6. The molecule has 0 aliphatic carbocycles. The summed E-state index contributed by atoms with van der Waals surface area (Å²) in [6.45, 7) is 6.38. The molecule has 2 aliphatic heterocycles. The van der Waals surface area contributed by atoms with Gasteiger partial charge in [0.25, 0.3) is 0 Å². The van der Waals surface area contributed by atoms with E-state index in [1.54, 1.807) is 6.92 Å². The van der Waals surface area contributed by atoms with Gasteiger partial charge in [-0.15, -0.1) is 0 Å². The number of fused-ring (bicyclic) bond motifs is 1. The Hall–Kier alpha value is -2.45. The molecule has 4 rings (SSSR count). The number of ether oxygens (including phenoxy) is 5. The molecule has 1 unspecified atom stereocenters. The number of rotatable bonds is 9. The van der Waals surface area contributed by atoms with E-state index in [1.165, 1.54) is 0 Å². The summed E-state index contributed by atoms with van der Waals surface area (Å²) in [4.78, 5) is 3.02. The molecule has 2 heterocycles. The van der Waals surface area contributed by atoms with E-state index in [1.807, 2.05) is 74.5 Å². The molecule has 2 aliphatic rings. The van der Waals surface area contributed by atoms with Gasteiger partial charge in [0, 0.05) is 4.91 Å². The smallest absolute Gasteiger partial charge is 0.190 e. The van der Waals surface area contributed by atoms with Crippen molar-refractivity contribution in [1.29, 1.82) is 0 Å². The van der Waals surface area contributed by atoms with E-state index in [9.17, 15) is 0 Å². The van der Waals surface area contributed by atoms with Gasteiger partial charge in [0.2, 0.25) is 0 Å². The predicted molar refractivity (Wildman–Crippen MR) is 117 cm³/mol. The van der Waals surface area contributed by atoms with E-state index in [4.69, 9.17) is 29.2 Å². The lowest BCUT2D eigenvalue weighted by molar-refractivity contribution is -0.258. The molecule has 2 aromatic carbocycles. The van der Waals surface area contributed by atoms with Crippen molar-refractivity contribution in [3.05, 3.63) is 82.2 Å². The summed E-state index contributed by atoms with van der Waals surface area (Å²) in [5.41, 5.74) is 10.1. The maximum absolute atomic E-state index is 9.15. The molecule has 0 aromatic heterocycles. The Morgan fingerprint density at radius 2 is 1.59 bits per heavy atom. The Morgan fingerprint density at radius 1 is 0.969 bits per heavy atom. The van der Waals surface area contributed by atoms with Crippen LogP contribution in [-0.2, 0) is 36.9 Å². The molecule has 2 saturated heterocycles. The van der Waals surface area contributed by atoms with Gasteiger partial charge < -0.3 is 23.7 Å². The standard InChI is InChI=1S/C24H29N3O5/c1-17(26-27-25)24(16-28-14-18-10-6-4-7-11-18)21(29-15-19-12-8-5-9-13-19)20-22(32-24)31-23(2,3)30-20/h4-13,17,20-22H,14-16H2,1-3H3/t17?,20-,21+,22+,24+/m1/s1. The van der Waals surface area contributed by atoms with E-state index in [2.05, 4.69) is 10.0 Å². The van der Waals surface area contributed by atoms with Crippen molar-refractivity contribution in [3.63, 3.8) is 0 Å². The van der Waals surface area contributed by atoms with Crippen LogP contribution in [0.15, 0.2) is 65.8 Å². The summed E-state index contributed by atoms with van der Waals surface area (Å²) >= 11 is 0. The summed E-state index contributed by atoms with van der Waals surface area (Å²) in [5, 5.41) is 3.96. The highest BCUT2D eigenvalue weighted by molar-refractivity contribution is 5.16. The molecule has 32 heavy (non-hydrogen) atoms. The monoisotopic (exact) mass is 439 g/mol. The lowest BCUT2D eigenvalue weighted by Gasteiger charge is -2.39. The van der Waals surface area contributed by atoms with Gasteiger partial charge in [-0.05, 0) is 30.5 Å². The van der Waals surface area contributed by atoms with Crippen LogP contribution < -0.4 is 0 Å². The van der Waals surface area contributed by atoms with Gasteiger partial charge >= 0.3 is 0 Å². The fourth-order valence-electron chi connectivity index (χ4n) is 4.26. The number of benzene rings is 2. The van der Waals surface area contributed by atoms with E-state index < -0.39 is 35.9 Å². The molecule has 2 fully saturated rings. The van der Waals surface area contributed by atoms with Crippen LogP contribution in [0.25, 0.3) is 10.4 Å². The maximum atomic E-state index is 9.15. The highest BCUT2D eigenvalue weighted by Crippen LogP contribution is 2.46. The van der Waals surface area contributed by atoms with Crippen LogP contribution in [0.5, 0.6) is 0 Å². The van der Waals surface area contributed by atoms with Gasteiger partial charge in [-0.1, -0.05) is 72.7 Å². The molecule has 0 spiro atoms. The Morgan fingerprint density at radius 3 is 2.22 bits per heavy atom. The summed E-state index contributed by atoms with van der Waals surface area (Å²) in [6, 6.07) is 19.2. The molecule has 0 bridgehead atoms. The molecule has 0 saturated carbocycles. The Balaban J connectivity index is 1.59. The first kappa shape index (κ1) is 22.7. The zero-order valence-corrected chi connectivity index (χ0v) is 18.6. The minimum absolute atomic E-state index is 0.154. The average molecular weight is 440 g/mol. The van der Waals surface area contributed by atoms with Crippen LogP contribution in [-0.4, -0.2) is 42.5 Å². The second kappa shape index (κ2) is 9.58. The molecule has 0 amide bonds. The third kappa shape index (κ3) is 4.81. The van der Waals surface area contributed by atoms with Gasteiger partial charge in [-0.25, -0.2) is 0 Å². The lowest BCUT2D eigenvalue weighted by atomic mass is 9.89. The molecule has 0 radical (unpaired) electrons. The van der Waals surface area contributed by atoms with Crippen molar-refractivity contribution in [1.82, 2.24) is 0 Å². The Labute approximate surface area is 188 Å². The summed E-state index contributed by atoms with van der Waals surface area (Å²) in [6.07, 6.45) is -1.70. The lowest BCUT2D eigenvalue weighted by Crippen LogP contribution is -2.56. The van der Waals surface area contributed by atoms with Gasteiger partial charge in [0.05, 0.1) is 25.9 Å². The van der Waals surface area contributed by atoms with Gasteiger partial charge in [0.1, 0.15) is 17.8 Å². The third-order valence-corrected chi connectivity index (χ3v) is 5.85. The Bertz CT molecular complexity index is 935. The van der Waals surface area contributed by atoms with Crippen LogP contribution in [0.3, 0.4) is 0 Å². The molecule has 0 N–H and O–H groups in total. The van der Waals surface area contributed by atoms with E-state index in [-0.39, 0.29) is 6.61 Å². The molecule has 170 valence electrons. The first-order valence-corrected chi connectivity index (χ1v) is 10.8. The van der Waals surface area contributed by atoms with Crippen molar-refractivity contribution in [2.45, 2.75) is 69.9 Å². The Kier molecular flexibility index (Phi) is 6.81. The van der Waals surface area contributed by atoms with Gasteiger partial charge in [0.15, 0.2) is 12.1 Å². The largest absolute Gasteiger partial charge is 0.374 e. The van der Waals surface area contributed by atoms with Crippen molar-refractivity contribution in [3.8, 4) is 0 Å². The predicted octanol–water partition coefficient (Wildman–Crippen LogP) is 4.73. The highest BCUT2D eigenvalue weighted by atomic mass is 16.8. The molecule has 5 atom stereocenters. The molecule has 8 nitrogen and oxygen atoms in total. The van der Waals surface area contributed by atoms with E-state index in [0.717, 1.165) is 11.1 Å². The second-order valence-electron chi connectivity index (χ2n) is 8.62. The fraction of sp³-hybridized carbons (Fsp3) is 0.500. The molecule has 2 aromatic rings. The summed E-state index contributed by atoms with van der Waals surface area (Å²) in [5.74, 6) is -0.803. The first-order chi connectivity index (χ1) is 15.4. The minimum Gasteiger partial charge on any atom is -0.374 e. The zero-order valence-electron chi connectivity index (χ0n) is 18.6. The maximum Gasteiger partial charge on any atom is 0.190 e. The number of hydrogen-bond donors (Lipinski definition) is 0. The van der Waals surface area contributed by atoms with Gasteiger partial charge in [-0.2, -0.15) is 0 Å². The van der Waals surface area contributed by atoms with Gasteiger partial charge in [-0.3, -0.25) is 0 Å². The van der Waals surface area contributed by atoms with Crippen LogP contribution in [0.4, 0.5) is 0 Å². The van der Waals surface area contributed by atoms with Crippen molar-refractivity contribution in [2.75, 3.05) is 6.61 Å². The molecular formula is C24H29N3O5. The van der Waals surface area contributed by atoms with E-state index in [0.29, 0.717) is 13.2 Å². The van der Waals surface area contributed by atoms with Crippen molar-refractivity contribution >= 4 is 0 Å². The summed E-state index contributed by atoms with van der Waals surface area (Å²) in [7, 11) is 0. The van der Waals surface area contributed by atoms with Crippen LogP contribution in [0.2, 0.25) is 0 Å². The number of hydrogen-bond acceptors (Lipinski definition) is 6. The second-order valence-corrected chi connectivity index (χ2v) is 8.62. The van der Waals surface area contributed by atoms with E-state index >= 15 is 0 Å². The quantitative estimate of drug-likeness (QED) is 0.320. The topological polar surface area (TPSA) is 94.9 Å². The van der Waals surface area contributed by atoms with Crippen LogP contribution >= 0.6 is 0 Å². The van der Waals surface area contributed by atoms with Crippen molar-refractivity contribution in [2.24, 2.45) is 5.11 Å². The molecular weight excluding hydrogens is 410 g/mol. The SMILES string of the molecule is CC(N=[N+]=[N-])[C@]1(COCc2ccccc2)O[C@@H]2OC(C)(C)O[C@@H]2[C@@H]1OCc1ccccc1. The minimum atomic E-state index is -1.07. The first-order valence-electron chi connectivity index (χ1n) is 10.8. The highest BCUT2D eigenvalue weighted by Gasteiger charge is 2.64. The normalized spacial score (nSPS) is 29.3. The van der Waals surface area contributed by atoms with Crippen LogP contribution in [0.1, 0.15) is 31.9 Å². The molecule has 8 heteroatoms. The van der Waals surface area contributed by atoms with Crippen LogP contribution in [0, 0.1) is 0 Å². The number of nitrogens with zero attached hydrogens (tertiary/aromatic N) is 3. The average Bonchev–Trinajstić information content (AvgIpc) is 3.23. The van der Waals surface area contributed by atoms with Crippen molar-refractivity contribution < 1.29 is 23.7 Å². The third-order valence-electron chi connectivity index (χ3n) is 5.85. The number of azide groups is 1. The fourth-order valence-corrected chi connectivity index (χ4v) is 4.26.